The highest BCUT2D eigenvalue weighted by Gasteiger charge is 2.27. The van der Waals surface area contributed by atoms with Crippen molar-refractivity contribution in [1.82, 2.24) is 4.90 Å². The summed E-state index contributed by atoms with van der Waals surface area (Å²) in [5.74, 6) is 0.464. The SMILES string of the molecule is Cc1cc(C=O)ccc1-c1ccc(C2CCN(C(=O)OC(C)(C)C)CC2)cc1. The second-order valence-electron chi connectivity index (χ2n) is 8.56. The Labute approximate surface area is 167 Å². The summed E-state index contributed by atoms with van der Waals surface area (Å²) in [6.45, 7) is 9.18. The van der Waals surface area contributed by atoms with E-state index in [0.717, 1.165) is 48.9 Å². The summed E-state index contributed by atoms with van der Waals surface area (Å²) < 4.78 is 5.48. The van der Waals surface area contributed by atoms with E-state index in [9.17, 15) is 9.59 Å². The molecule has 1 aliphatic heterocycles. The molecule has 0 unspecified atom stereocenters. The first kappa shape index (κ1) is 20.1. The smallest absolute Gasteiger partial charge is 0.410 e. The summed E-state index contributed by atoms with van der Waals surface area (Å²) in [6.07, 6.45) is 2.57. The van der Waals surface area contributed by atoms with Crippen molar-refractivity contribution in [3.8, 4) is 11.1 Å². The number of carbonyl (C=O) groups is 2. The van der Waals surface area contributed by atoms with E-state index in [0.29, 0.717) is 11.5 Å². The van der Waals surface area contributed by atoms with Crippen LogP contribution in [-0.4, -0.2) is 36.0 Å². The average Bonchev–Trinajstić information content (AvgIpc) is 2.67. The van der Waals surface area contributed by atoms with Crippen LogP contribution in [-0.2, 0) is 4.74 Å². The fourth-order valence-electron chi connectivity index (χ4n) is 3.74. The highest BCUT2D eigenvalue weighted by atomic mass is 16.6. The number of hydrogen-bond donors (Lipinski definition) is 0. The van der Waals surface area contributed by atoms with Crippen LogP contribution in [0.3, 0.4) is 0 Å². The van der Waals surface area contributed by atoms with Crippen LogP contribution in [0.15, 0.2) is 42.5 Å². The number of hydrogen-bond acceptors (Lipinski definition) is 3. The first-order valence-corrected chi connectivity index (χ1v) is 9.91. The number of amides is 1. The molecule has 1 fully saturated rings. The molecule has 4 heteroatoms. The molecule has 1 heterocycles. The van der Waals surface area contributed by atoms with E-state index in [-0.39, 0.29) is 6.09 Å². The molecule has 0 radical (unpaired) electrons. The van der Waals surface area contributed by atoms with Gasteiger partial charge >= 0.3 is 6.09 Å². The predicted octanol–water partition coefficient (Wildman–Crippen LogP) is 5.59. The number of ether oxygens (including phenoxy) is 1. The van der Waals surface area contributed by atoms with Gasteiger partial charge in [0.05, 0.1) is 0 Å². The van der Waals surface area contributed by atoms with Gasteiger partial charge in [-0.2, -0.15) is 0 Å². The van der Waals surface area contributed by atoms with Crippen molar-refractivity contribution in [2.75, 3.05) is 13.1 Å². The number of aldehydes is 1. The molecule has 0 aliphatic carbocycles. The summed E-state index contributed by atoms with van der Waals surface area (Å²) >= 11 is 0. The van der Waals surface area contributed by atoms with Gasteiger partial charge in [-0.15, -0.1) is 0 Å². The van der Waals surface area contributed by atoms with Crippen molar-refractivity contribution in [2.24, 2.45) is 0 Å². The molecule has 2 aromatic rings. The maximum absolute atomic E-state index is 12.2. The van der Waals surface area contributed by atoms with Gasteiger partial charge in [-0.25, -0.2) is 4.79 Å². The van der Waals surface area contributed by atoms with Crippen molar-refractivity contribution in [3.05, 3.63) is 59.2 Å². The van der Waals surface area contributed by atoms with Crippen molar-refractivity contribution in [3.63, 3.8) is 0 Å². The Balaban J connectivity index is 1.64. The van der Waals surface area contributed by atoms with Gasteiger partial charge in [0.2, 0.25) is 0 Å². The first-order valence-electron chi connectivity index (χ1n) is 9.91. The molecule has 0 atom stereocenters. The Kier molecular flexibility index (Phi) is 5.87. The van der Waals surface area contributed by atoms with Crippen LogP contribution in [0.5, 0.6) is 0 Å². The van der Waals surface area contributed by atoms with Crippen LogP contribution < -0.4 is 0 Å². The molecular formula is C24H29NO3. The molecule has 28 heavy (non-hydrogen) atoms. The van der Waals surface area contributed by atoms with E-state index in [1.807, 2.05) is 50.8 Å². The van der Waals surface area contributed by atoms with Crippen LogP contribution in [0.1, 0.15) is 61.0 Å². The van der Waals surface area contributed by atoms with Gasteiger partial charge in [-0.1, -0.05) is 36.4 Å². The lowest BCUT2D eigenvalue weighted by atomic mass is 9.88. The molecular weight excluding hydrogens is 350 g/mol. The van der Waals surface area contributed by atoms with Gasteiger partial charge in [0, 0.05) is 18.7 Å². The quantitative estimate of drug-likeness (QED) is 0.653. The third-order valence-corrected chi connectivity index (χ3v) is 5.23. The fourth-order valence-corrected chi connectivity index (χ4v) is 3.74. The number of rotatable bonds is 3. The van der Waals surface area contributed by atoms with E-state index in [1.54, 1.807) is 0 Å². The minimum absolute atomic E-state index is 0.212. The Morgan fingerprint density at radius 1 is 1.07 bits per heavy atom. The largest absolute Gasteiger partial charge is 0.444 e. The molecule has 4 nitrogen and oxygen atoms in total. The third-order valence-electron chi connectivity index (χ3n) is 5.23. The zero-order chi connectivity index (χ0) is 20.3. The Hall–Kier alpha value is -2.62. The third kappa shape index (κ3) is 4.80. The molecule has 2 aromatic carbocycles. The molecule has 1 aliphatic rings. The molecule has 148 valence electrons. The van der Waals surface area contributed by atoms with Crippen LogP contribution in [0.25, 0.3) is 11.1 Å². The van der Waals surface area contributed by atoms with Crippen LogP contribution in [0, 0.1) is 6.92 Å². The normalized spacial score (nSPS) is 15.4. The van der Waals surface area contributed by atoms with E-state index in [1.165, 1.54) is 5.56 Å². The van der Waals surface area contributed by atoms with E-state index >= 15 is 0 Å². The lowest BCUT2D eigenvalue weighted by Gasteiger charge is -2.33. The maximum atomic E-state index is 12.2. The minimum atomic E-state index is -0.453. The van der Waals surface area contributed by atoms with Gasteiger partial charge in [-0.3, -0.25) is 4.79 Å². The van der Waals surface area contributed by atoms with E-state index in [2.05, 4.69) is 24.3 Å². The molecule has 0 spiro atoms. The Morgan fingerprint density at radius 2 is 1.71 bits per heavy atom. The molecule has 0 N–H and O–H groups in total. The number of carbonyl (C=O) groups excluding carboxylic acids is 2. The minimum Gasteiger partial charge on any atom is -0.444 e. The number of aryl methyl sites for hydroxylation is 1. The lowest BCUT2D eigenvalue weighted by molar-refractivity contribution is 0.0205. The van der Waals surface area contributed by atoms with Crippen LogP contribution >= 0.6 is 0 Å². The summed E-state index contributed by atoms with van der Waals surface area (Å²) in [6, 6.07) is 14.5. The second-order valence-corrected chi connectivity index (χ2v) is 8.56. The molecule has 0 saturated carbocycles. The lowest BCUT2D eigenvalue weighted by Crippen LogP contribution is -2.41. The summed E-state index contributed by atoms with van der Waals surface area (Å²) in [4.78, 5) is 25.0. The van der Waals surface area contributed by atoms with E-state index < -0.39 is 5.60 Å². The van der Waals surface area contributed by atoms with Gasteiger partial charge < -0.3 is 9.64 Å². The molecule has 0 bridgehead atoms. The number of nitrogens with zero attached hydrogens (tertiary/aromatic N) is 1. The Bertz CT molecular complexity index is 841. The maximum Gasteiger partial charge on any atom is 0.410 e. The number of piperidine rings is 1. The van der Waals surface area contributed by atoms with Gasteiger partial charge in [0.25, 0.3) is 0 Å². The highest BCUT2D eigenvalue weighted by Crippen LogP contribution is 2.31. The average molecular weight is 380 g/mol. The molecule has 1 amide bonds. The van der Waals surface area contributed by atoms with Gasteiger partial charge in [0.1, 0.15) is 11.9 Å². The zero-order valence-electron chi connectivity index (χ0n) is 17.2. The van der Waals surface area contributed by atoms with Crippen LogP contribution in [0.4, 0.5) is 4.79 Å². The summed E-state index contributed by atoms with van der Waals surface area (Å²) in [5, 5.41) is 0. The van der Waals surface area contributed by atoms with Crippen molar-refractivity contribution in [1.29, 1.82) is 0 Å². The molecule has 3 rings (SSSR count). The molecule has 0 aromatic heterocycles. The summed E-state index contributed by atoms with van der Waals surface area (Å²) in [7, 11) is 0. The standard InChI is InChI=1S/C24H29NO3/c1-17-15-18(16-26)5-10-22(17)21-8-6-19(7-9-21)20-11-13-25(14-12-20)23(27)28-24(2,3)4/h5-10,15-16,20H,11-14H2,1-4H3. The second kappa shape index (κ2) is 8.17. The van der Waals surface area contributed by atoms with Gasteiger partial charge in [0.15, 0.2) is 0 Å². The molecule has 1 saturated heterocycles. The summed E-state index contributed by atoms with van der Waals surface area (Å²) in [5.41, 5.74) is 4.97. The van der Waals surface area contributed by atoms with Gasteiger partial charge in [-0.05, 0) is 74.8 Å². The number of benzene rings is 2. The Morgan fingerprint density at radius 3 is 2.25 bits per heavy atom. The topological polar surface area (TPSA) is 46.6 Å². The zero-order valence-corrected chi connectivity index (χ0v) is 17.2. The number of likely N-dealkylation sites (tertiary alicyclic amines) is 1. The fraction of sp³-hybridized carbons (Fsp3) is 0.417. The monoisotopic (exact) mass is 379 g/mol. The van der Waals surface area contributed by atoms with Crippen molar-refractivity contribution < 1.29 is 14.3 Å². The predicted molar refractivity (Wildman–Crippen MR) is 112 cm³/mol. The van der Waals surface area contributed by atoms with Crippen molar-refractivity contribution >= 4 is 12.4 Å². The highest BCUT2D eigenvalue weighted by molar-refractivity contribution is 5.78. The van der Waals surface area contributed by atoms with Crippen LogP contribution in [0.2, 0.25) is 0 Å². The van der Waals surface area contributed by atoms with E-state index in [4.69, 9.17) is 4.74 Å². The first-order chi connectivity index (χ1) is 13.3. The van der Waals surface area contributed by atoms with Crippen molar-refractivity contribution in [2.45, 2.75) is 52.1 Å².